The van der Waals surface area contributed by atoms with E-state index in [1.54, 1.807) is 19.1 Å². The monoisotopic (exact) mass is 384 g/mol. The molecule has 0 spiro atoms. The number of methoxy groups -OCH3 is 1. The Hall–Kier alpha value is -2.73. The van der Waals surface area contributed by atoms with E-state index in [9.17, 15) is 9.59 Å². The minimum absolute atomic E-state index is 0.0968. The minimum atomic E-state index is -0.478. The summed E-state index contributed by atoms with van der Waals surface area (Å²) in [4.78, 5) is 24.5. The third-order valence-corrected chi connectivity index (χ3v) is 4.85. The van der Waals surface area contributed by atoms with Crippen molar-refractivity contribution in [3.8, 4) is 0 Å². The van der Waals surface area contributed by atoms with Crippen LogP contribution in [0.3, 0.4) is 0 Å². The zero-order valence-corrected chi connectivity index (χ0v) is 16.7. The van der Waals surface area contributed by atoms with Gasteiger partial charge in [0.25, 0.3) is 0 Å². The third kappa shape index (κ3) is 5.37. The second kappa shape index (κ2) is 9.28. The molecule has 0 fully saturated rings. The van der Waals surface area contributed by atoms with Gasteiger partial charge in [0.1, 0.15) is 6.04 Å². The molecule has 6 heteroatoms. The van der Waals surface area contributed by atoms with Crippen LogP contribution in [-0.4, -0.2) is 30.0 Å². The van der Waals surface area contributed by atoms with E-state index in [-0.39, 0.29) is 17.8 Å². The highest BCUT2D eigenvalue weighted by Crippen LogP contribution is 2.18. The second-order valence-electron chi connectivity index (χ2n) is 6.37. The Kier molecular flexibility index (Phi) is 7.07. The van der Waals surface area contributed by atoms with Gasteiger partial charge in [-0.3, -0.25) is 4.79 Å². The van der Waals surface area contributed by atoms with Gasteiger partial charge in [0.15, 0.2) is 0 Å². The fourth-order valence-electron chi connectivity index (χ4n) is 2.54. The van der Waals surface area contributed by atoms with Gasteiger partial charge in [0.2, 0.25) is 5.91 Å². The second-order valence-corrected chi connectivity index (χ2v) is 6.81. The van der Waals surface area contributed by atoms with Gasteiger partial charge >= 0.3 is 5.97 Å². The summed E-state index contributed by atoms with van der Waals surface area (Å²) < 4.78 is 4.70. The topological polar surface area (TPSA) is 67.4 Å². The molecule has 0 saturated carbocycles. The van der Waals surface area contributed by atoms with Crippen molar-refractivity contribution in [2.24, 2.45) is 0 Å². The van der Waals surface area contributed by atoms with Gasteiger partial charge < -0.3 is 15.4 Å². The van der Waals surface area contributed by atoms with Crippen molar-refractivity contribution in [1.82, 2.24) is 5.32 Å². The zero-order valence-electron chi connectivity index (χ0n) is 15.9. The molecule has 0 saturated heterocycles. The Morgan fingerprint density at radius 3 is 2.26 bits per heavy atom. The van der Waals surface area contributed by atoms with Gasteiger partial charge in [-0.05, 0) is 43.2 Å². The Bertz CT molecular complexity index is 834. The van der Waals surface area contributed by atoms with E-state index in [0.29, 0.717) is 10.6 Å². The molecule has 0 aliphatic carbocycles. The number of aryl methyl sites for hydroxylation is 1. The first-order valence-corrected chi connectivity index (χ1v) is 9.09. The van der Waals surface area contributed by atoms with E-state index in [1.165, 1.54) is 7.11 Å². The average Bonchev–Trinajstić information content (AvgIpc) is 2.68. The Labute approximate surface area is 165 Å². The smallest absolute Gasteiger partial charge is 0.337 e. The lowest BCUT2D eigenvalue weighted by Gasteiger charge is -2.20. The number of anilines is 1. The van der Waals surface area contributed by atoms with E-state index < -0.39 is 6.04 Å². The normalized spacial score (nSPS) is 12.6. The molecule has 2 rings (SSSR count). The van der Waals surface area contributed by atoms with Crippen LogP contribution >= 0.6 is 12.2 Å². The van der Waals surface area contributed by atoms with Gasteiger partial charge in [-0.2, -0.15) is 0 Å². The molecule has 0 bridgehead atoms. The fraction of sp³-hybridized carbons (Fsp3) is 0.286. The standard InChI is InChI=1S/C21H24N2O3S/c1-13-7-5-6-8-18(13)23-19(24)15(3)22-20(27)14(2)16-9-11-17(12-10-16)21(25)26-4/h5-12,14-15H,1-4H3,(H,22,27)(H,23,24). The van der Waals surface area contributed by atoms with Gasteiger partial charge in [-0.25, -0.2) is 4.79 Å². The van der Waals surface area contributed by atoms with E-state index in [4.69, 9.17) is 17.0 Å². The highest BCUT2D eigenvalue weighted by molar-refractivity contribution is 7.80. The maximum Gasteiger partial charge on any atom is 0.337 e. The Morgan fingerprint density at radius 1 is 1.04 bits per heavy atom. The first-order chi connectivity index (χ1) is 12.8. The van der Waals surface area contributed by atoms with Crippen molar-refractivity contribution < 1.29 is 14.3 Å². The summed E-state index contributed by atoms with van der Waals surface area (Å²) in [6.45, 7) is 5.67. The summed E-state index contributed by atoms with van der Waals surface area (Å²) in [5.41, 5.74) is 3.22. The summed E-state index contributed by atoms with van der Waals surface area (Å²) in [5, 5.41) is 6.00. The molecule has 2 aromatic rings. The van der Waals surface area contributed by atoms with Gasteiger partial charge in [-0.1, -0.05) is 49.5 Å². The number of nitrogens with one attached hydrogen (secondary N) is 2. The number of amides is 1. The molecule has 2 aromatic carbocycles. The molecule has 27 heavy (non-hydrogen) atoms. The van der Waals surface area contributed by atoms with E-state index in [0.717, 1.165) is 16.8 Å². The van der Waals surface area contributed by atoms with Crippen molar-refractivity contribution in [3.05, 3.63) is 65.2 Å². The predicted molar refractivity (Wildman–Crippen MR) is 111 cm³/mol. The molecule has 0 aliphatic rings. The molecule has 5 nitrogen and oxygen atoms in total. The molecule has 142 valence electrons. The maximum absolute atomic E-state index is 12.4. The number of esters is 1. The van der Waals surface area contributed by atoms with E-state index >= 15 is 0 Å². The summed E-state index contributed by atoms with van der Waals surface area (Å²) in [5.74, 6) is -0.628. The molecule has 1 amide bonds. The Balaban J connectivity index is 1.97. The largest absolute Gasteiger partial charge is 0.465 e. The van der Waals surface area contributed by atoms with Gasteiger partial charge in [0, 0.05) is 11.6 Å². The van der Waals surface area contributed by atoms with Crippen molar-refractivity contribution in [3.63, 3.8) is 0 Å². The number of para-hydroxylation sites is 1. The summed E-state index contributed by atoms with van der Waals surface area (Å²) in [6.07, 6.45) is 0. The maximum atomic E-state index is 12.4. The Morgan fingerprint density at radius 2 is 1.67 bits per heavy atom. The highest BCUT2D eigenvalue weighted by Gasteiger charge is 2.19. The molecular formula is C21H24N2O3S. The van der Waals surface area contributed by atoms with Crippen molar-refractivity contribution >= 4 is 34.8 Å². The number of carbonyl (C=O) groups is 2. The van der Waals surface area contributed by atoms with Crippen LogP contribution < -0.4 is 10.6 Å². The zero-order chi connectivity index (χ0) is 20.0. The number of thiocarbonyl (C=S) groups is 1. The van der Waals surface area contributed by atoms with Crippen molar-refractivity contribution in [2.75, 3.05) is 12.4 Å². The molecular weight excluding hydrogens is 360 g/mol. The highest BCUT2D eigenvalue weighted by atomic mass is 32.1. The van der Waals surface area contributed by atoms with Crippen LogP contribution in [0, 0.1) is 6.92 Å². The molecule has 2 N–H and O–H groups in total. The average molecular weight is 385 g/mol. The molecule has 2 atom stereocenters. The number of rotatable bonds is 6. The number of hydrogen-bond donors (Lipinski definition) is 2. The fourth-order valence-corrected chi connectivity index (χ4v) is 2.85. The van der Waals surface area contributed by atoms with Crippen molar-refractivity contribution in [2.45, 2.75) is 32.7 Å². The number of benzene rings is 2. The SMILES string of the molecule is COC(=O)c1ccc(C(C)C(=S)NC(C)C(=O)Nc2ccccc2C)cc1. The summed E-state index contributed by atoms with van der Waals surface area (Å²) >= 11 is 5.47. The van der Waals surface area contributed by atoms with Crippen LogP contribution in [-0.2, 0) is 9.53 Å². The number of ether oxygens (including phenoxy) is 1. The number of carbonyl (C=O) groups excluding carboxylic acids is 2. The van der Waals surface area contributed by atoms with Gasteiger partial charge in [-0.15, -0.1) is 0 Å². The molecule has 0 radical (unpaired) electrons. The summed E-state index contributed by atoms with van der Waals surface area (Å²) in [6, 6.07) is 14.2. The van der Waals surface area contributed by atoms with Crippen LogP contribution in [0.4, 0.5) is 5.69 Å². The van der Waals surface area contributed by atoms with Crippen LogP contribution in [0.1, 0.15) is 41.3 Å². The van der Waals surface area contributed by atoms with E-state index in [2.05, 4.69) is 10.6 Å². The van der Waals surface area contributed by atoms with E-state index in [1.807, 2.05) is 50.2 Å². The minimum Gasteiger partial charge on any atom is -0.465 e. The van der Waals surface area contributed by atoms with Crippen LogP contribution in [0.15, 0.2) is 48.5 Å². The third-order valence-electron chi connectivity index (χ3n) is 4.38. The van der Waals surface area contributed by atoms with Crippen LogP contribution in [0.5, 0.6) is 0 Å². The first kappa shape index (κ1) is 20.6. The molecule has 2 unspecified atom stereocenters. The predicted octanol–water partition coefficient (Wildman–Crippen LogP) is 3.83. The number of hydrogen-bond acceptors (Lipinski definition) is 4. The lowest BCUT2D eigenvalue weighted by molar-refractivity contribution is -0.117. The quantitative estimate of drug-likeness (QED) is 0.585. The first-order valence-electron chi connectivity index (χ1n) is 8.68. The summed E-state index contributed by atoms with van der Waals surface area (Å²) in [7, 11) is 1.35. The van der Waals surface area contributed by atoms with Crippen molar-refractivity contribution in [1.29, 1.82) is 0 Å². The lowest BCUT2D eigenvalue weighted by atomic mass is 9.99. The molecule has 0 aromatic heterocycles. The lowest BCUT2D eigenvalue weighted by Crippen LogP contribution is -2.42. The van der Waals surface area contributed by atoms with Crippen LogP contribution in [0.25, 0.3) is 0 Å². The molecule has 0 heterocycles. The molecule has 0 aliphatic heterocycles. The van der Waals surface area contributed by atoms with Crippen LogP contribution in [0.2, 0.25) is 0 Å². The van der Waals surface area contributed by atoms with Gasteiger partial charge in [0.05, 0.1) is 17.7 Å².